The Morgan fingerprint density at radius 3 is 2.48 bits per heavy atom. The molecule has 4 rings (SSSR count). The Morgan fingerprint density at radius 2 is 1.83 bits per heavy atom. The minimum Gasteiger partial charge on any atom is -0.346 e. The molecule has 0 spiro atoms. The molecule has 0 unspecified atom stereocenters. The number of nitrogens with one attached hydrogen (secondary N) is 1. The van der Waals surface area contributed by atoms with E-state index in [2.05, 4.69) is 33.4 Å². The largest absolute Gasteiger partial charge is 0.346 e. The summed E-state index contributed by atoms with van der Waals surface area (Å²) in [4.78, 5) is 12.6. The number of carbonyl (C=O) groups is 1. The Bertz CT molecular complexity index is 754. The molecule has 4 heteroatoms. The molecular weight excluding hydrogens is 357 g/mol. The van der Waals surface area contributed by atoms with Crippen molar-refractivity contribution in [1.82, 2.24) is 5.32 Å². The highest BCUT2D eigenvalue weighted by Gasteiger charge is 2.51. The number of amides is 1. The van der Waals surface area contributed by atoms with Crippen molar-refractivity contribution in [2.24, 2.45) is 5.92 Å². The highest BCUT2D eigenvalue weighted by molar-refractivity contribution is 9.10. The lowest BCUT2D eigenvalue weighted by atomic mass is 10.0. The average molecular weight is 374 g/mol. The molecule has 23 heavy (non-hydrogen) atoms. The molecule has 2 aromatic rings. The zero-order valence-electron chi connectivity index (χ0n) is 12.6. The molecule has 0 heterocycles. The minimum absolute atomic E-state index is 0.0249. The predicted molar refractivity (Wildman–Crippen MR) is 90.4 cm³/mol. The molecule has 1 amide bonds. The van der Waals surface area contributed by atoms with Gasteiger partial charge in [-0.25, -0.2) is 4.39 Å². The molecule has 2 aromatic carbocycles. The Kier molecular flexibility index (Phi) is 3.52. The molecule has 2 aliphatic rings. The summed E-state index contributed by atoms with van der Waals surface area (Å²) in [5.41, 5.74) is 1.61. The summed E-state index contributed by atoms with van der Waals surface area (Å²) in [5.74, 6) is -0.225. The monoisotopic (exact) mass is 373 g/mol. The lowest BCUT2D eigenvalue weighted by Gasteiger charge is -2.18. The predicted octanol–water partition coefficient (Wildman–Crippen LogP) is 4.50. The van der Waals surface area contributed by atoms with Crippen LogP contribution in [0.25, 0.3) is 0 Å². The van der Waals surface area contributed by atoms with Crippen LogP contribution in [0.2, 0.25) is 0 Å². The van der Waals surface area contributed by atoms with Gasteiger partial charge in [0.1, 0.15) is 5.82 Å². The van der Waals surface area contributed by atoms with Crippen molar-refractivity contribution < 1.29 is 9.18 Å². The SMILES string of the molecule is O=C(NC1(c2ccc(Br)cc2)CC1)[C@H]1C[C@H]1c1ccccc1F. The maximum absolute atomic E-state index is 13.8. The molecule has 2 atom stereocenters. The van der Waals surface area contributed by atoms with Crippen molar-refractivity contribution in [3.63, 3.8) is 0 Å². The Hall–Kier alpha value is -1.68. The van der Waals surface area contributed by atoms with Gasteiger partial charge in [-0.2, -0.15) is 0 Å². The van der Waals surface area contributed by atoms with Gasteiger partial charge in [-0.1, -0.05) is 46.3 Å². The van der Waals surface area contributed by atoms with Gasteiger partial charge in [0.15, 0.2) is 0 Å². The summed E-state index contributed by atoms with van der Waals surface area (Å²) in [6.45, 7) is 0. The fraction of sp³-hybridized carbons (Fsp3) is 0.316. The van der Waals surface area contributed by atoms with Crippen LogP contribution in [0.15, 0.2) is 53.0 Å². The number of hydrogen-bond acceptors (Lipinski definition) is 1. The summed E-state index contributed by atoms with van der Waals surface area (Å²) in [6.07, 6.45) is 2.68. The summed E-state index contributed by atoms with van der Waals surface area (Å²) in [7, 11) is 0. The first-order chi connectivity index (χ1) is 11.1. The van der Waals surface area contributed by atoms with Crippen LogP contribution in [0.1, 0.15) is 36.3 Å². The van der Waals surface area contributed by atoms with Crippen LogP contribution in [0.4, 0.5) is 4.39 Å². The van der Waals surface area contributed by atoms with Crippen molar-refractivity contribution >= 4 is 21.8 Å². The molecule has 2 saturated carbocycles. The Balaban J connectivity index is 1.45. The van der Waals surface area contributed by atoms with Gasteiger partial charge in [-0.3, -0.25) is 4.79 Å². The van der Waals surface area contributed by atoms with Crippen LogP contribution in [0.3, 0.4) is 0 Å². The van der Waals surface area contributed by atoms with E-state index in [4.69, 9.17) is 0 Å². The van der Waals surface area contributed by atoms with Gasteiger partial charge in [0.25, 0.3) is 0 Å². The van der Waals surface area contributed by atoms with Crippen molar-refractivity contribution in [1.29, 1.82) is 0 Å². The highest BCUT2D eigenvalue weighted by atomic mass is 79.9. The topological polar surface area (TPSA) is 29.1 Å². The van der Waals surface area contributed by atoms with Crippen LogP contribution < -0.4 is 5.32 Å². The molecule has 2 fully saturated rings. The highest BCUT2D eigenvalue weighted by Crippen LogP contribution is 2.51. The van der Waals surface area contributed by atoms with E-state index in [1.54, 1.807) is 12.1 Å². The van der Waals surface area contributed by atoms with Gasteiger partial charge >= 0.3 is 0 Å². The van der Waals surface area contributed by atoms with E-state index in [-0.39, 0.29) is 29.1 Å². The van der Waals surface area contributed by atoms with E-state index in [1.165, 1.54) is 6.07 Å². The van der Waals surface area contributed by atoms with Crippen LogP contribution in [-0.4, -0.2) is 5.91 Å². The lowest BCUT2D eigenvalue weighted by Crippen LogP contribution is -2.36. The second-order valence-electron chi connectivity index (χ2n) is 6.55. The van der Waals surface area contributed by atoms with Crippen LogP contribution >= 0.6 is 15.9 Å². The fourth-order valence-electron chi connectivity index (χ4n) is 3.31. The van der Waals surface area contributed by atoms with E-state index >= 15 is 0 Å². The van der Waals surface area contributed by atoms with Gasteiger partial charge in [0.05, 0.1) is 5.54 Å². The number of rotatable bonds is 4. The normalized spacial score (nSPS) is 24.1. The average Bonchev–Trinajstić information content (AvgIpc) is 3.43. The van der Waals surface area contributed by atoms with E-state index in [1.807, 2.05) is 18.2 Å². The number of hydrogen-bond donors (Lipinski definition) is 1. The van der Waals surface area contributed by atoms with Gasteiger partial charge in [-0.05, 0) is 54.5 Å². The van der Waals surface area contributed by atoms with Crippen molar-refractivity contribution in [2.75, 3.05) is 0 Å². The van der Waals surface area contributed by atoms with Crippen LogP contribution in [0.5, 0.6) is 0 Å². The van der Waals surface area contributed by atoms with E-state index in [0.29, 0.717) is 5.56 Å². The lowest BCUT2D eigenvalue weighted by molar-refractivity contribution is -0.123. The van der Waals surface area contributed by atoms with Crippen LogP contribution in [0, 0.1) is 11.7 Å². The molecule has 0 radical (unpaired) electrons. The second kappa shape index (κ2) is 5.45. The van der Waals surface area contributed by atoms with Gasteiger partial charge in [0, 0.05) is 10.4 Å². The van der Waals surface area contributed by atoms with E-state index in [9.17, 15) is 9.18 Å². The molecular formula is C19H17BrFNO. The third-order valence-electron chi connectivity index (χ3n) is 4.94. The summed E-state index contributed by atoms with van der Waals surface area (Å²) in [5, 5.41) is 3.21. The third-order valence-corrected chi connectivity index (χ3v) is 5.47. The molecule has 0 aromatic heterocycles. The van der Waals surface area contributed by atoms with Gasteiger partial charge in [-0.15, -0.1) is 0 Å². The molecule has 0 saturated heterocycles. The molecule has 0 aliphatic heterocycles. The zero-order valence-corrected chi connectivity index (χ0v) is 14.1. The van der Waals surface area contributed by atoms with Crippen molar-refractivity contribution in [2.45, 2.75) is 30.7 Å². The molecule has 1 N–H and O–H groups in total. The number of halogens is 2. The number of carbonyl (C=O) groups excluding carboxylic acids is 1. The standard InChI is InChI=1S/C19H17BrFNO/c20-13-7-5-12(6-8-13)19(9-10-19)22-18(23)16-11-15(16)14-3-1-2-4-17(14)21/h1-8,15-16H,9-11H2,(H,22,23)/t15-,16-/m0/s1. The molecule has 2 nitrogen and oxygen atoms in total. The maximum atomic E-state index is 13.8. The van der Waals surface area contributed by atoms with E-state index in [0.717, 1.165) is 29.3 Å². The maximum Gasteiger partial charge on any atom is 0.224 e. The second-order valence-corrected chi connectivity index (χ2v) is 7.46. The first-order valence-corrected chi connectivity index (χ1v) is 8.71. The smallest absolute Gasteiger partial charge is 0.224 e. The first-order valence-electron chi connectivity index (χ1n) is 7.92. The summed E-state index contributed by atoms with van der Waals surface area (Å²) < 4.78 is 14.9. The van der Waals surface area contributed by atoms with Crippen molar-refractivity contribution in [3.8, 4) is 0 Å². The van der Waals surface area contributed by atoms with Gasteiger partial charge < -0.3 is 5.32 Å². The fourth-order valence-corrected chi connectivity index (χ4v) is 3.58. The molecule has 2 aliphatic carbocycles. The van der Waals surface area contributed by atoms with Gasteiger partial charge in [0.2, 0.25) is 5.91 Å². The van der Waals surface area contributed by atoms with E-state index < -0.39 is 0 Å². The Morgan fingerprint density at radius 1 is 1.13 bits per heavy atom. The third kappa shape index (κ3) is 2.80. The zero-order chi connectivity index (χ0) is 16.0. The molecule has 118 valence electrons. The number of benzene rings is 2. The first kappa shape index (κ1) is 14.9. The quantitative estimate of drug-likeness (QED) is 0.839. The van der Waals surface area contributed by atoms with Crippen LogP contribution in [-0.2, 0) is 10.3 Å². The summed E-state index contributed by atoms with van der Waals surface area (Å²) in [6, 6.07) is 14.9. The van der Waals surface area contributed by atoms with Crippen molar-refractivity contribution in [3.05, 3.63) is 69.9 Å². The molecule has 0 bridgehead atoms. The minimum atomic E-state index is -0.208. The summed E-state index contributed by atoms with van der Waals surface area (Å²) >= 11 is 3.43. The Labute approximate surface area is 143 Å².